The van der Waals surface area contributed by atoms with E-state index in [1.165, 1.54) is 18.2 Å². The van der Waals surface area contributed by atoms with E-state index in [9.17, 15) is 4.79 Å². The molecule has 12 heavy (non-hydrogen) atoms. The van der Waals surface area contributed by atoms with Crippen LogP contribution >= 0.6 is 11.8 Å². The summed E-state index contributed by atoms with van der Waals surface area (Å²) in [6.07, 6.45) is 5.25. The molecule has 0 aromatic rings. The second kappa shape index (κ2) is 5.30. The number of rotatable bonds is 2. The summed E-state index contributed by atoms with van der Waals surface area (Å²) in [7, 11) is 0. The average Bonchev–Trinajstić information content (AvgIpc) is 2.15. The van der Waals surface area contributed by atoms with E-state index in [0.29, 0.717) is 5.94 Å². The molecule has 1 fully saturated rings. The van der Waals surface area contributed by atoms with Crippen molar-refractivity contribution in [1.82, 2.24) is 4.90 Å². The number of nitrogens with zero attached hydrogens (tertiary/aromatic N) is 1. The molecule has 0 aromatic heterocycles. The molecule has 0 radical (unpaired) electrons. The molecule has 1 amide bonds. The van der Waals surface area contributed by atoms with Crippen LogP contribution in [0.3, 0.4) is 0 Å². The molecule has 3 nitrogen and oxygen atoms in total. The van der Waals surface area contributed by atoms with E-state index in [4.69, 9.17) is 4.74 Å². The SMILES string of the molecule is CSCOC(=O)N1CCCCC1. The predicted molar refractivity (Wildman–Crippen MR) is 50.3 cm³/mol. The number of carbonyl (C=O) groups is 1. The Morgan fingerprint density at radius 2 is 2.08 bits per heavy atom. The normalized spacial score (nSPS) is 17.6. The van der Waals surface area contributed by atoms with E-state index in [2.05, 4.69) is 0 Å². The molecule has 0 spiro atoms. The van der Waals surface area contributed by atoms with Crippen LogP contribution in [0.4, 0.5) is 4.79 Å². The zero-order valence-corrected chi connectivity index (χ0v) is 8.23. The molecule has 1 rings (SSSR count). The molecule has 1 heterocycles. The number of carbonyl (C=O) groups excluding carboxylic acids is 1. The maximum Gasteiger partial charge on any atom is 0.410 e. The minimum atomic E-state index is -0.149. The lowest BCUT2D eigenvalue weighted by Gasteiger charge is -2.25. The summed E-state index contributed by atoms with van der Waals surface area (Å²) in [5.74, 6) is 0.468. The molecule has 1 aliphatic rings. The largest absolute Gasteiger partial charge is 0.438 e. The molecule has 1 saturated heterocycles. The van der Waals surface area contributed by atoms with Crippen LogP contribution in [0.2, 0.25) is 0 Å². The van der Waals surface area contributed by atoms with Crippen molar-refractivity contribution in [3.05, 3.63) is 0 Å². The summed E-state index contributed by atoms with van der Waals surface area (Å²) in [5.41, 5.74) is 0. The van der Waals surface area contributed by atoms with Gasteiger partial charge in [-0.2, -0.15) is 0 Å². The molecule has 0 N–H and O–H groups in total. The first-order valence-electron chi connectivity index (χ1n) is 4.25. The molecule has 0 unspecified atom stereocenters. The lowest BCUT2D eigenvalue weighted by atomic mass is 10.1. The van der Waals surface area contributed by atoms with Crippen molar-refractivity contribution in [2.45, 2.75) is 19.3 Å². The van der Waals surface area contributed by atoms with Gasteiger partial charge in [-0.3, -0.25) is 0 Å². The number of piperidine rings is 1. The summed E-state index contributed by atoms with van der Waals surface area (Å²) in [5, 5.41) is 0. The average molecular weight is 189 g/mol. The Labute approximate surface area is 77.4 Å². The number of hydrogen-bond acceptors (Lipinski definition) is 3. The van der Waals surface area contributed by atoms with Gasteiger partial charge in [0.15, 0.2) is 0 Å². The van der Waals surface area contributed by atoms with Crippen molar-refractivity contribution >= 4 is 17.9 Å². The van der Waals surface area contributed by atoms with Crippen molar-refractivity contribution in [2.75, 3.05) is 25.3 Å². The summed E-state index contributed by atoms with van der Waals surface area (Å²) >= 11 is 1.52. The number of likely N-dealkylation sites (tertiary alicyclic amines) is 1. The zero-order chi connectivity index (χ0) is 8.81. The monoisotopic (exact) mass is 189 g/mol. The molecular weight excluding hydrogens is 174 g/mol. The highest BCUT2D eigenvalue weighted by Crippen LogP contribution is 2.10. The van der Waals surface area contributed by atoms with Crippen molar-refractivity contribution in [1.29, 1.82) is 0 Å². The van der Waals surface area contributed by atoms with E-state index in [0.717, 1.165) is 25.9 Å². The van der Waals surface area contributed by atoms with Crippen LogP contribution in [0, 0.1) is 0 Å². The Bertz CT molecular complexity index is 146. The minimum absolute atomic E-state index is 0.149. The lowest BCUT2D eigenvalue weighted by Crippen LogP contribution is -2.35. The van der Waals surface area contributed by atoms with E-state index >= 15 is 0 Å². The summed E-state index contributed by atoms with van der Waals surface area (Å²) in [6, 6.07) is 0. The Balaban J connectivity index is 2.20. The summed E-state index contributed by atoms with van der Waals surface area (Å²) in [6.45, 7) is 1.74. The number of hydrogen-bond donors (Lipinski definition) is 0. The van der Waals surface area contributed by atoms with Gasteiger partial charge >= 0.3 is 6.09 Å². The fraction of sp³-hybridized carbons (Fsp3) is 0.875. The quantitative estimate of drug-likeness (QED) is 0.622. The smallest absolute Gasteiger partial charge is 0.410 e. The Kier molecular flexibility index (Phi) is 4.29. The fourth-order valence-electron chi connectivity index (χ4n) is 1.28. The van der Waals surface area contributed by atoms with Gasteiger partial charge in [-0.15, -0.1) is 11.8 Å². The maximum atomic E-state index is 11.2. The second-order valence-electron chi connectivity index (χ2n) is 2.86. The summed E-state index contributed by atoms with van der Waals surface area (Å²) in [4.78, 5) is 13.0. The predicted octanol–water partition coefficient (Wildman–Crippen LogP) is 1.93. The molecule has 1 aliphatic heterocycles. The Morgan fingerprint density at radius 1 is 1.42 bits per heavy atom. The van der Waals surface area contributed by atoms with Crippen LogP contribution in [-0.2, 0) is 4.74 Å². The van der Waals surface area contributed by atoms with Gasteiger partial charge < -0.3 is 9.64 Å². The third-order valence-electron chi connectivity index (χ3n) is 1.91. The first kappa shape index (κ1) is 9.71. The van der Waals surface area contributed by atoms with Gasteiger partial charge in [0, 0.05) is 13.1 Å². The first-order valence-corrected chi connectivity index (χ1v) is 5.64. The molecule has 0 aromatic carbocycles. The van der Waals surface area contributed by atoms with Gasteiger partial charge in [0.1, 0.15) is 5.94 Å². The molecule has 70 valence electrons. The third kappa shape index (κ3) is 2.93. The van der Waals surface area contributed by atoms with Crippen molar-refractivity contribution in [3.8, 4) is 0 Å². The van der Waals surface area contributed by atoms with Crippen LogP contribution in [0.1, 0.15) is 19.3 Å². The number of thioether (sulfide) groups is 1. The third-order valence-corrected chi connectivity index (χ3v) is 2.27. The van der Waals surface area contributed by atoms with Gasteiger partial charge in [-0.25, -0.2) is 4.79 Å². The van der Waals surface area contributed by atoms with Crippen molar-refractivity contribution < 1.29 is 9.53 Å². The topological polar surface area (TPSA) is 29.5 Å². The molecule has 4 heteroatoms. The lowest BCUT2D eigenvalue weighted by molar-refractivity contribution is 0.111. The summed E-state index contributed by atoms with van der Waals surface area (Å²) < 4.78 is 4.98. The van der Waals surface area contributed by atoms with E-state index in [-0.39, 0.29) is 6.09 Å². The zero-order valence-electron chi connectivity index (χ0n) is 7.41. The molecule has 0 bridgehead atoms. The van der Waals surface area contributed by atoms with E-state index in [1.807, 2.05) is 6.26 Å². The van der Waals surface area contributed by atoms with Gasteiger partial charge in [-0.1, -0.05) is 0 Å². The molecule has 0 saturated carbocycles. The van der Waals surface area contributed by atoms with Gasteiger partial charge in [0.25, 0.3) is 0 Å². The minimum Gasteiger partial charge on any atom is -0.438 e. The highest BCUT2D eigenvalue weighted by atomic mass is 32.2. The maximum absolute atomic E-state index is 11.2. The molecular formula is C8H15NO2S. The van der Waals surface area contributed by atoms with E-state index in [1.54, 1.807) is 4.90 Å². The first-order chi connectivity index (χ1) is 5.84. The van der Waals surface area contributed by atoms with Crippen LogP contribution < -0.4 is 0 Å². The van der Waals surface area contributed by atoms with Gasteiger partial charge in [-0.05, 0) is 25.5 Å². The van der Waals surface area contributed by atoms with Crippen LogP contribution in [0.15, 0.2) is 0 Å². The second-order valence-corrected chi connectivity index (χ2v) is 3.68. The Morgan fingerprint density at radius 3 is 2.67 bits per heavy atom. The molecule has 0 aliphatic carbocycles. The van der Waals surface area contributed by atoms with Gasteiger partial charge in [0.2, 0.25) is 0 Å². The van der Waals surface area contributed by atoms with Crippen molar-refractivity contribution in [2.24, 2.45) is 0 Å². The number of ether oxygens (including phenoxy) is 1. The van der Waals surface area contributed by atoms with E-state index < -0.39 is 0 Å². The highest BCUT2D eigenvalue weighted by Gasteiger charge is 2.16. The van der Waals surface area contributed by atoms with Gasteiger partial charge in [0.05, 0.1) is 0 Å². The van der Waals surface area contributed by atoms with Crippen molar-refractivity contribution in [3.63, 3.8) is 0 Å². The number of amides is 1. The highest BCUT2D eigenvalue weighted by molar-refractivity contribution is 7.98. The van der Waals surface area contributed by atoms with Crippen LogP contribution in [0.5, 0.6) is 0 Å². The van der Waals surface area contributed by atoms with Crippen LogP contribution in [0.25, 0.3) is 0 Å². The standard InChI is InChI=1S/C8H15NO2S/c1-12-7-11-8(10)9-5-3-2-4-6-9/h2-7H2,1H3. The van der Waals surface area contributed by atoms with Crippen LogP contribution in [-0.4, -0.2) is 36.3 Å². The fourth-order valence-corrected chi connectivity index (χ4v) is 1.50. The Hall–Kier alpha value is -0.380. The molecule has 0 atom stereocenters.